The maximum atomic E-state index is 12.5. The molecule has 0 unspecified atom stereocenters. The van der Waals surface area contributed by atoms with Gasteiger partial charge in [0.2, 0.25) is 5.89 Å². The van der Waals surface area contributed by atoms with E-state index in [1.54, 1.807) is 36.4 Å². The van der Waals surface area contributed by atoms with Crippen LogP contribution in [0.1, 0.15) is 17.3 Å². The first-order valence-corrected chi connectivity index (χ1v) is 8.73. The van der Waals surface area contributed by atoms with Gasteiger partial charge < -0.3 is 14.5 Å². The van der Waals surface area contributed by atoms with Gasteiger partial charge in [0.15, 0.2) is 5.58 Å². The van der Waals surface area contributed by atoms with Crippen molar-refractivity contribution in [2.75, 3.05) is 11.9 Å². The van der Waals surface area contributed by atoms with Crippen molar-refractivity contribution in [3.05, 3.63) is 78.4 Å². The fourth-order valence-electron chi connectivity index (χ4n) is 2.78. The van der Waals surface area contributed by atoms with Crippen molar-refractivity contribution in [2.24, 2.45) is 0 Å². The summed E-state index contributed by atoms with van der Waals surface area (Å²) in [6.07, 6.45) is 0. The lowest BCUT2D eigenvalue weighted by Gasteiger charge is -2.06. The summed E-state index contributed by atoms with van der Waals surface area (Å²) in [6, 6.07) is 22.2. The zero-order valence-corrected chi connectivity index (χ0v) is 14.8. The zero-order valence-electron chi connectivity index (χ0n) is 14.8. The number of amides is 1. The summed E-state index contributed by atoms with van der Waals surface area (Å²) in [7, 11) is 0. The third-order valence-electron chi connectivity index (χ3n) is 4.09. The van der Waals surface area contributed by atoms with Crippen LogP contribution in [0.25, 0.3) is 22.6 Å². The molecule has 0 atom stereocenters. The molecule has 0 aliphatic heterocycles. The molecule has 0 aliphatic rings. The Bertz CT molecular complexity index is 1070. The van der Waals surface area contributed by atoms with Crippen molar-refractivity contribution < 1.29 is 13.9 Å². The third kappa shape index (κ3) is 3.67. The molecule has 0 bridgehead atoms. The van der Waals surface area contributed by atoms with Crippen LogP contribution in [0.4, 0.5) is 5.69 Å². The number of hydrogen-bond donors (Lipinski definition) is 1. The van der Waals surface area contributed by atoms with Gasteiger partial charge in [-0.3, -0.25) is 4.79 Å². The van der Waals surface area contributed by atoms with Crippen LogP contribution in [0.5, 0.6) is 5.75 Å². The minimum atomic E-state index is -0.191. The highest BCUT2D eigenvalue weighted by molar-refractivity contribution is 6.05. The van der Waals surface area contributed by atoms with E-state index < -0.39 is 0 Å². The first-order valence-electron chi connectivity index (χ1n) is 8.73. The van der Waals surface area contributed by atoms with Crippen LogP contribution in [-0.2, 0) is 0 Å². The highest BCUT2D eigenvalue weighted by Crippen LogP contribution is 2.26. The first-order chi connectivity index (χ1) is 13.2. The Balaban J connectivity index is 1.54. The van der Waals surface area contributed by atoms with Crippen LogP contribution in [0, 0.1) is 0 Å². The Morgan fingerprint density at radius 3 is 2.56 bits per heavy atom. The van der Waals surface area contributed by atoms with Crippen molar-refractivity contribution in [2.45, 2.75) is 6.92 Å². The van der Waals surface area contributed by atoms with Crippen molar-refractivity contribution >= 4 is 22.7 Å². The van der Waals surface area contributed by atoms with Crippen LogP contribution in [0.3, 0.4) is 0 Å². The van der Waals surface area contributed by atoms with E-state index in [0.29, 0.717) is 34.8 Å². The SMILES string of the molecule is CCOc1ccc(C(=O)Nc2ccc3oc(-c4ccccc4)nc3c2)cc1. The van der Waals surface area contributed by atoms with Crippen LogP contribution in [0.15, 0.2) is 77.2 Å². The number of aromatic nitrogens is 1. The van der Waals surface area contributed by atoms with E-state index in [9.17, 15) is 4.79 Å². The highest BCUT2D eigenvalue weighted by Gasteiger charge is 2.11. The molecule has 4 aromatic rings. The fourth-order valence-corrected chi connectivity index (χ4v) is 2.78. The molecule has 0 spiro atoms. The molecule has 1 N–H and O–H groups in total. The third-order valence-corrected chi connectivity index (χ3v) is 4.09. The number of ether oxygens (including phenoxy) is 1. The molecule has 0 fully saturated rings. The Morgan fingerprint density at radius 1 is 1.04 bits per heavy atom. The lowest BCUT2D eigenvalue weighted by molar-refractivity contribution is 0.102. The molecule has 5 heteroatoms. The number of fused-ring (bicyclic) bond motifs is 1. The fraction of sp³-hybridized carbons (Fsp3) is 0.0909. The van der Waals surface area contributed by atoms with E-state index in [-0.39, 0.29) is 5.91 Å². The minimum Gasteiger partial charge on any atom is -0.494 e. The largest absolute Gasteiger partial charge is 0.494 e. The molecule has 27 heavy (non-hydrogen) atoms. The van der Waals surface area contributed by atoms with E-state index in [4.69, 9.17) is 9.15 Å². The second-order valence-electron chi connectivity index (χ2n) is 5.98. The molecule has 3 aromatic carbocycles. The average Bonchev–Trinajstić information content (AvgIpc) is 3.13. The normalized spacial score (nSPS) is 10.7. The number of oxazole rings is 1. The summed E-state index contributed by atoms with van der Waals surface area (Å²) in [5.74, 6) is 1.11. The number of benzene rings is 3. The molecule has 0 saturated heterocycles. The van der Waals surface area contributed by atoms with E-state index in [2.05, 4.69) is 10.3 Å². The van der Waals surface area contributed by atoms with Crippen LogP contribution in [0.2, 0.25) is 0 Å². The van der Waals surface area contributed by atoms with Gasteiger partial charge in [-0.2, -0.15) is 0 Å². The summed E-state index contributed by atoms with van der Waals surface area (Å²) < 4.78 is 11.2. The zero-order chi connectivity index (χ0) is 18.6. The standard InChI is InChI=1S/C22H18N2O3/c1-2-26-18-11-8-15(9-12-18)21(25)23-17-10-13-20-19(14-17)24-22(27-20)16-6-4-3-5-7-16/h3-14H,2H2,1H3,(H,23,25). The number of carbonyl (C=O) groups is 1. The van der Waals surface area contributed by atoms with E-state index in [1.165, 1.54) is 0 Å². The summed E-state index contributed by atoms with van der Waals surface area (Å²) in [5.41, 5.74) is 3.50. The molecule has 0 aliphatic carbocycles. The van der Waals surface area contributed by atoms with Gasteiger partial charge in [0.25, 0.3) is 5.91 Å². The predicted molar refractivity (Wildman–Crippen MR) is 105 cm³/mol. The maximum Gasteiger partial charge on any atom is 0.255 e. The Morgan fingerprint density at radius 2 is 1.81 bits per heavy atom. The van der Waals surface area contributed by atoms with Crippen LogP contribution < -0.4 is 10.1 Å². The molecular formula is C22H18N2O3. The summed E-state index contributed by atoms with van der Waals surface area (Å²) in [6.45, 7) is 2.51. The summed E-state index contributed by atoms with van der Waals surface area (Å²) >= 11 is 0. The van der Waals surface area contributed by atoms with Crippen LogP contribution in [-0.4, -0.2) is 17.5 Å². The Hall–Kier alpha value is -3.60. The van der Waals surface area contributed by atoms with Crippen molar-refractivity contribution in [1.82, 2.24) is 4.98 Å². The number of carbonyl (C=O) groups excluding carboxylic acids is 1. The van der Waals surface area contributed by atoms with E-state index in [1.807, 2.05) is 43.3 Å². The predicted octanol–water partition coefficient (Wildman–Crippen LogP) is 5.15. The minimum absolute atomic E-state index is 0.191. The molecule has 134 valence electrons. The second kappa shape index (κ2) is 7.33. The van der Waals surface area contributed by atoms with Crippen molar-refractivity contribution in [3.8, 4) is 17.2 Å². The van der Waals surface area contributed by atoms with E-state index >= 15 is 0 Å². The molecule has 1 aromatic heterocycles. The highest BCUT2D eigenvalue weighted by atomic mass is 16.5. The van der Waals surface area contributed by atoms with Crippen molar-refractivity contribution in [3.63, 3.8) is 0 Å². The summed E-state index contributed by atoms with van der Waals surface area (Å²) in [5, 5.41) is 2.89. The molecule has 0 saturated carbocycles. The quantitative estimate of drug-likeness (QED) is 0.536. The van der Waals surface area contributed by atoms with Gasteiger partial charge in [0, 0.05) is 16.8 Å². The number of rotatable bonds is 5. The Labute approximate surface area is 156 Å². The number of anilines is 1. The number of hydrogen-bond acceptors (Lipinski definition) is 4. The number of nitrogens with zero attached hydrogens (tertiary/aromatic N) is 1. The number of nitrogens with one attached hydrogen (secondary N) is 1. The van der Waals surface area contributed by atoms with Gasteiger partial charge in [-0.1, -0.05) is 18.2 Å². The van der Waals surface area contributed by atoms with Gasteiger partial charge in [0.1, 0.15) is 11.3 Å². The molecule has 4 rings (SSSR count). The second-order valence-corrected chi connectivity index (χ2v) is 5.98. The topological polar surface area (TPSA) is 64.4 Å². The van der Waals surface area contributed by atoms with Gasteiger partial charge in [-0.25, -0.2) is 4.98 Å². The van der Waals surface area contributed by atoms with Crippen LogP contribution >= 0.6 is 0 Å². The average molecular weight is 358 g/mol. The monoisotopic (exact) mass is 358 g/mol. The van der Waals surface area contributed by atoms with E-state index in [0.717, 1.165) is 11.3 Å². The summed E-state index contributed by atoms with van der Waals surface area (Å²) in [4.78, 5) is 17.0. The molecule has 1 heterocycles. The Kier molecular flexibility index (Phi) is 4.58. The lowest BCUT2D eigenvalue weighted by Crippen LogP contribution is -2.11. The molecular weight excluding hydrogens is 340 g/mol. The lowest BCUT2D eigenvalue weighted by atomic mass is 10.2. The van der Waals surface area contributed by atoms with Gasteiger partial charge in [0.05, 0.1) is 6.61 Å². The van der Waals surface area contributed by atoms with Gasteiger partial charge in [-0.15, -0.1) is 0 Å². The smallest absolute Gasteiger partial charge is 0.255 e. The molecule has 1 amide bonds. The maximum absolute atomic E-state index is 12.5. The van der Waals surface area contributed by atoms with Crippen molar-refractivity contribution in [1.29, 1.82) is 0 Å². The van der Waals surface area contributed by atoms with Gasteiger partial charge in [-0.05, 0) is 61.5 Å². The molecule has 5 nitrogen and oxygen atoms in total. The first kappa shape index (κ1) is 16.8. The van der Waals surface area contributed by atoms with Gasteiger partial charge >= 0.3 is 0 Å². The molecule has 0 radical (unpaired) electrons.